The molecule has 178 valence electrons. The number of hydrogen-bond acceptors (Lipinski definition) is 1. The molecule has 1 aromatic rings. The van der Waals surface area contributed by atoms with Crippen molar-refractivity contribution in [3.8, 4) is 0 Å². The Hall–Kier alpha value is -1.35. The molecule has 1 amide bonds. The lowest BCUT2D eigenvalue weighted by Crippen LogP contribution is -2.71. The smallest absolute Gasteiger partial charge is 0.319 e. The lowest BCUT2D eigenvalue weighted by atomic mass is 9.93. The standard InChI is InChI=1S/C13H3Cl3F13NO/c14-3-1-5(16)6(2-4(3)15)30-7(31)8(17,18)9(19,20)10(21,22)11(23,24)12(25,26)13(27,28)29/h1-2H,(H,30,31). The fourth-order valence-electron chi connectivity index (χ4n) is 1.73. The summed E-state index contributed by atoms with van der Waals surface area (Å²) in [5.41, 5.74) is -1.10. The van der Waals surface area contributed by atoms with Crippen LogP contribution in [0.3, 0.4) is 0 Å². The number of nitrogens with one attached hydrogen (secondary N) is 1. The molecule has 1 N–H and O–H groups in total. The Morgan fingerprint density at radius 2 is 1.00 bits per heavy atom. The van der Waals surface area contributed by atoms with E-state index in [1.165, 1.54) is 0 Å². The Bertz CT molecular complexity index is 869. The van der Waals surface area contributed by atoms with Crippen LogP contribution in [0.1, 0.15) is 0 Å². The van der Waals surface area contributed by atoms with Crippen molar-refractivity contribution < 1.29 is 61.9 Å². The number of rotatable bonds is 6. The summed E-state index contributed by atoms with van der Waals surface area (Å²) in [6.07, 6.45) is -7.55. The van der Waals surface area contributed by atoms with Gasteiger partial charge in [-0.25, -0.2) is 0 Å². The van der Waals surface area contributed by atoms with Gasteiger partial charge in [-0.3, -0.25) is 4.79 Å². The number of amides is 1. The van der Waals surface area contributed by atoms with E-state index in [-0.39, 0.29) is 5.02 Å². The number of anilines is 1. The van der Waals surface area contributed by atoms with Gasteiger partial charge in [-0.2, -0.15) is 57.1 Å². The lowest BCUT2D eigenvalue weighted by Gasteiger charge is -2.39. The van der Waals surface area contributed by atoms with Gasteiger partial charge in [-0.05, 0) is 12.1 Å². The van der Waals surface area contributed by atoms with Gasteiger partial charge in [0.15, 0.2) is 0 Å². The summed E-state index contributed by atoms with van der Waals surface area (Å²) in [6.45, 7) is 0. The molecule has 0 saturated heterocycles. The highest BCUT2D eigenvalue weighted by molar-refractivity contribution is 6.44. The molecular formula is C13H3Cl3F13NO. The van der Waals surface area contributed by atoms with Crippen molar-refractivity contribution in [1.29, 1.82) is 0 Å². The molecule has 0 aromatic heterocycles. The van der Waals surface area contributed by atoms with Gasteiger partial charge >= 0.3 is 41.7 Å². The summed E-state index contributed by atoms with van der Waals surface area (Å²) in [6, 6.07) is 1.05. The predicted molar refractivity (Wildman–Crippen MR) is 80.9 cm³/mol. The molecule has 0 fully saturated rings. The molecule has 0 saturated carbocycles. The Morgan fingerprint density at radius 3 is 1.42 bits per heavy atom. The molecule has 0 aliphatic rings. The van der Waals surface area contributed by atoms with Gasteiger partial charge in [0.25, 0.3) is 0 Å². The number of benzene rings is 1. The first-order valence-corrected chi connectivity index (χ1v) is 8.02. The second kappa shape index (κ2) is 7.90. The number of carbonyl (C=O) groups is 1. The van der Waals surface area contributed by atoms with Crippen LogP contribution in [0.25, 0.3) is 0 Å². The Kier molecular flexibility index (Phi) is 7.06. The van der Waals surface area contributed by atoms with Crippen LogP contribution in [0.2, 0.25) is 15.1 Å². The van der Waals surface area contributed by atoms with E-state index in [4.69, 9.17) is 34.8 Å². The monoisotopic (exact) mass is 541 g/mol. The van der Waals surface area contributed by atoms with Gasteiger partial charge in [-0.1, -0.05) is 34.8 Å². The molecule has 0 bridgehead atoms. The van der Waals surface area contributed by atoms with Gasteiger partial charge < -0.3 is 5.32 Å². The molecule has 0 atom stereocenters. The van der Waals surface area contributed by atoms with Crippen molar-refractivity contribution in [2.24, 2.45) is 0 Å². The molecule has 1 rings (SSSR count). The highest BCUT2D eigenvalue weighted by Gasteiger charge is 2.91. The summed E-state index contributed by atoms with van der Waals surface area (Å²) in [5.74, 6) is -42.4. The number of halogens is 16. The summed E-state index contributed by atoms with van der Waals surface area (Å²) >= 11 is 16.2. The summed E-state index contributed by atoms with van der Waals surface area (Å²) in [5, 5.41) is -0.990. The Labute approximate surface area is 177 Å². The predicted octanol–water partition coefficient (Wildman–Crippen LogP) is 7.32. The van der Waals surface area contributed by atoms with Crippen molar-refractivity contribution in [3.05, 3.63) is 27.2 Å². The van der Waals surface area contributed by atoms with Crippen molar-refractivity contribution >= 4 is 46.4 Å². The Balaban J connectivity index is 3.46. The summed E-state index contributed by atoms with van der Waals surface area (Å²) in [4.78, 5) is 11.4. The van der Waals surface area contributed by atoms with E-state index in [1.54, 1.807) is 0 Å². The van der Waals surface area contributed by atoms with E-state index in [9.17, 15) is 61.9 Å². The van der Waals surface area contributed by atoms with Crippen molar-refractivity contribution in [2.45, 2.75) is 35.8 Å². The van der Waals surface area contributed by atoms with E-state index in [0.29, 0.717) is 12.1 Å². The molecule has 18 heteroatoms. The highest BCUT2D eigenvalue weighted by Crippen LogP contribution is 2.60. The fraction of sp³-hybridized carbons (Fsp3) is 0.462. The van der Waals surface area contributed by atoms with Crippen molar-refractivity contribution in [3.63, 3.8) is 0 Å². The Morgan fingerprint density at radius 1 is 0.613 bits per heavy atom. The van der Waals surface area contributed by atoms with Crippen LogP contribution in [0.5, 0.6) is 0 Å². The van der Waals surface area contributed by atoms with Crippen LogP contribution in [-0.2, 0) is 4.79 Å². The SMILES string of the molecule is O=C(Nc1cc(Cl)c(Cl)cc1Cl)C(F)(F)C(F)(F)C(F)(F)C(F)(F)C(F)(F)C(F)(F)F. The second-order valence-corrected chi connectivity index (χ2v) is 6.79. The quantitative estimate of drug-likeness (QED) is 0.296. The zero-order valence-corrected chi connectivity index (χ0v) is 15.9. The van der Waals surface area contributed by atoms with Gasteiger partial charge in [0, 0.05) is 0 Å². The minimum absolute atomic E-state index is 0.387. The van der Waals surface area contributed by atoms with Crippen LogP contribution >= 0.6 is 34.8 Å². The molecule has 0 aliphatic carbocycles. The maximum atomic E-state index is 13.7. The molecule has 2 nitrogen and oxygen atoms in total. The first-order valence-electron chi connectivity index (χ1n) is 6.88. The molecule has 0 spiro atoms. The largest absolute Gasteiger partial charge is 0.460 e. The van der Waals surface area contributed by atoms with Gasteiger partial charge in [0.1, 0.15) is 0 Å². The molecule has 31 heavy (non-hydrogen) atoms. The van der Waals surface area contributed by atoms with E-state index < -0.39 is 57.4 Å². The molecule has 1 aromatic carbocycles. The third-order valence-electron chi connectivity index (χ3n) is 3.48. The normalized spacial score (nSPS) is 14.6. The first-order chi connectivity index (χ1) is 13.5. The highest BCUT2D eigenvalue weighted by atomic mass is 35.5. The summed E-state index contributed by atoms with van der Waals surface area (Å²) < 4.78 is 169. The zero-order valence-electron chi connectivity index (χ0n) is 13.6. The van der Waals surface area contributed by atoms with E-state index in [1.807, 2.05) is 0 Å². The van der Waals surface area contributed by atoms with Crippen LogP contribution < -0.4 is 5.32 Å². The van der Waals surface area contributed by atoms with Crippen molar-refractivity contribution in [1.82, 2.24) is 0 Å². The van der Waals surface area contributed by atoms with Crippen molar-refractivity contribution in [2.75, 3.05) is 5.32 Å². The number of hydrogen-bond donors (Lipinski definition) is 1. The molecule has 0 aliphatic heterocycles. The minimum Gasteiger partial charge on any atom is -0.319 e. The number of carbonyl (C=O) groups excluding carboxylic acids is 1. The average molecular weight is 543 g/mol. The van der Waals surface area contributed by atoms with Gasteiger partial charge in [0.2, 0.25) is 0 Å². The second-order valence-electron chi connectivity index (χ2n) is 5.57. The zero-order chi connectivity index (χ0) is 25.0. The van der Waals surface area contributed by atoms with E-state index in [2.05, 4.69) is 0 Å². The third kappa shape index (κ3) is 4.19. The topological polar surface area (TPSA) is 29.1 Å². The van der Waals surface area contributed by atoms with Gasteiger partial charge in [0.05, 0.1) is 20.8 Å². The maximum Gasteiger partial charge on any atom is 0.460 e. The average Bonchev–Trinajstić information content (AvgIpc) is 2.57. The van der Waals surface area contributed by atoms with E-state index >= 15 is 0 Å². The van der Waals surface area contributed by atoms with E-state index in [0.717, 1.165) is 5.32 Å². The van der Waals surface area contributed by atoms with Crippen LogP contribution in [0, 0.1) is 0 Å². The van der Waals surface area contributed by atoms with Crippen LogP contribution in [0.15, 0.2) is 12.1 Å². The third-order valence-corrected chi connectivity index (χ3v) is 4.51. The molecule has 0 radical (unpaired) electrons. The maximum absolute atomic E-state index is 13.7. The lowest BCUT2D eigenvalue weighted by molar-refractivity contribution is -0.435. The van der Waals surface area contributed by atoms with Crippen LogP contribution in [0.4, 0.5) is 62.8 Å². The molecular weight excluding hydrogens is 539 g/mol. The summed E-state index contributed by atoms with van der Waals surface area (Å²) in [7, 11) is 0. The minimum atomic E-state index is -8.12. The first kappa shape index (κ1) is 27.7. The van der Waals surface area contributed by atoms with Gasteiger partial charge in [-0.15, -0.1) is 0 Å². The molecule has 0 unspecified atom stereocenters. The fourth-order valence-corrected chi connectivity index (χ4v) is 2.33. The molecule has 0 heterocycles. The van der Waals surface area contributed by atoms with Crippen LogP contribution in [-0.4, -0.2) is 41.7 Å². The number of alkyl halides is 13.